The first-order chi connectivity index (χ1) is 10.3. The number of hydrogen-bond acceptors (Lipinski definition) is 1. The van der Waals surface area contributed by atoms with E-state index in [1.807, 2.05) is 30.5 Å². The summed E-state index contributed by atoms with van der Waals surface area (Å²) in [6.07, 6.45) is 9.17. The van der Waals surface area contributed by atoms with E-state index in [1.54, 1.807) is 0 Å². The third kappa shape index (κ3) is 3.36. The van der Waals surface area contributed by atoms with Gasteiger partial charge in [-0.1, -0.05) is 35.9 Å². The van der Waals surface area contributed by atoms with Crippen molar-refractivity contribution in [1.29, 1.82) is 0 Å². The van der Waals surface area contributed by atoms with Crippen LogP contribution in [-0.2, 0) is 0 Å². The molecular weight excluding hydrogens is 278 g/mol. The molecule has 2 aromatic rings. The van der Waals surface area contributed by atoms with E-state index >= 15 is 0 Å². The molecule has 0 N–H and O–H groups in total. The first kappa shape index (κ1) is 14.3. The molecule has 0 radical (unpaired) electrons. The standard InChI is InChI=1S/C19H20ClN/c1-2-14-3-5-15(6-4-14)17-9-12-19(21-13-17)16-7-10-18(20)11-8-16/h2,7-15H,1,3-6H2. The van der Waals surface area contributed by atoms with Gasteiger partial charge < -0.3 is 0 Å². The topological polar surface area (TPSA) is 12.9 Å². The van der Waals surface area contributed by atoms with Crippen molar-refractivity contribution in [2.24, 2.45) is 5.92 Å². The molecule has 1 fully saturated rings. The fourth-order valence-electron chi connectivity index (χ4n) is 3.13. The molecule has 3 rings (SSSR count). The van der Waals surface area contributed by atoms with E-state index < -0.39 is 0 Å². The Bertz CT molecular complexity index is 592. The molecule has 1 saturated carbocycles. The molecule has 2 heteroatoms. The van der Waals surface area contributed by atoms with E-state index in [9.17, 15) is 0 Å². The second kappa shape index (κ2) is 6.44. The van der Waals surface area contributed by atoms with Gasteiger partial charge in [0.15, 0.2) is 0 Å². The van der Waals surface area contributed by atoms with E-state index in [0.717, 1.165) is 16.3 Å². The van der Waals surface area contributed by atoms with Crippen LogP contribution >= 0.6 is 11.6 Å². The zero-order valence-corrected chi connectivity index (χ0v) is 12.9. The predicted octanol–water partition coefficient (Wildman–Crippen LogP) is 5.86. The molecule has 1 aromatic carbocycles. The lowest BCUT2D eigenvalue weighted by Crippen LogP contribution is -2.11. The van der Waals surface area contributed by atoms with Gasteiger partial charge in [0, 0.05) is 16.8 Å². The molecule has 0 aliphatic heterocycles. The van der Waals surface area contributed by atoms with Crippen molar-refractivity contribution in [2.45, 2.75) is 31.6 Å². The van der Waals surface area contributed by atoms with Crippen LogP contribution in [0.25, 0.3) is 11.3 Å². The quantitative estimate of drug-likeness (QED) is 0.646. The molecule has 1 aliphatic rings. The Hall–Kier alpha value is -1.60. The Morgan fingerprint density at radius 2 is 1.71 bits per heavy atom. The zero-order valence-electron chi connectivity index (χ0n) is 12.1. The number of benzene rings is 1. The van der Waals surface area contributed by atoms with Crippen LogP contribution in [0.1, 0.15) is 37.2 Å². The third-order valence-electron chi connectivity index (χ3n) is 4.50. The minimum absolute atomic E-state index is 0.660. The second-order valence-corrected chi connectivity index (χ2v) is 6.27. The first-order valence-electron chi connectivity index (χ1n) is 7.60. The lowest BCUT2D eigenvalue weighted by molar-refractivity contribution is 0.376. The molecule has 108 valence electrons. The van der Waals surface area contributed by atoms with Crippen LogP contribution < -0.4 is 0 Å². The number of hydrogen-bond donors (Lipinski definition) is 0. The predicted molar refractivity (Wildman–Crippen MR) is 89.6 cm³/mol. The fourth-order valence-corrected chi connectivity index (χ4v) is 3.25. The highest BCUT2D eigenvalue weighted by Gasteiger charge is 2.20. The average Bonchev–Trinajstić information content (AvgIpc) is 2.56. The van der Waals surface area contributed by atoms with Gasteiger partial charge in [-0.3, -0.25) is 4.98 Å². The zero-order chi connectivity index (χ0) is 14.7. The molecular formula is C19H20ClN. The summed E-state index contributed by atoms with van der Waals surface area (Å²) >= 11 is 5.92. The summed E-state index contributed by atoms with van der Waals surface area (Å²) in [5.41, 5.74) is 3.49. The highest BCUT2D eigenvalue weighted by molar-refractivity contribution is 6.30. The number of halogens is 1. The van der Waals surface area contributed by atoms with Crippen LogP contribution in [0.4, 0.5) is 0 Å². The van der Waals surface area contributed by atoms with Crippen LogP contribution in [0.15, 0.2) is 55.3 Å². The van der Waals surface area contributed by atoms with E-state index in [0.29, 0.717) is 11.8 Å². The van der Waals surface area contributed by atoms with Gasteiger partial charge in [-0.15, -0.1) is 6.58 Å². The number of allylic oxidation sites excluding steroid dienone is 1. The van der Waals surface area contributed by atoms with Crippen LogP contribution in [-0.4, -0.2) is 4.98 Å². The Morgan fingerprint density at radius 3 is 2.29 bits per heavy atom. The van der Waals surface area contributed by atoms with E-state index in [2.05, 4.69) is 29.8 Å². The SMILES string of the molecule is C=CC1CCC(c2ccc(-c3ccc(Cl)cc3)nc2)CC1. The summed E-state index contributed by atoms with van der Waals surface area (Å²) in [6.45, 7) is 3.91. The molecule has 1 nitrogen and oxygen atoms in total. The highest BCUT2D eigenvalue weighted by atomic mass is 35.5. The third-order valence-corrected chi connectivity index (χ3v) is 4.75. The average molecular weight is 298 g/mol. The van der Waals surface area contributed by atoms with Gasteiger partial charge in [0.25, 0.3) is 0 Å². The van der Waals surface area contributed by atoms with Gasteiger partial charge in [-0.25, -0.2) is 0 Å². The van der Waals surface area contributed by atoms with Crippen molar-refractivity contribution in [3.8, 4) is 11.3 Å². The van der Waals surface area contributed by atoms with E-state index in [4.69, 9.17) is 11.6 Å². The number of nitrogens with zero attached hydrogens (tertiary/aromatic N) is 1. The Morgan fingerprint density at radius 1 is 1.00 bits per heavy atom. The number of aromatic nitrogens is 1. The Labute approximate surface area is 131 Å². The second-order valence-electron chi connectivity index (χ2n) is 5.83. The highest BCUT2D eigenvalue weighted by Crippen LogP contribution is 2.36. The van der Waals surface area contributed by atoms with Crippen LogP contribution in [0.3, 0.4) is 0 Å². The van der Waals surface area contributed by atoms with Gasteiger partial charge in [0.2, 0.25) is 0 Å². The van der Waals surface area contributed by atoms with Crippen molar-refractivity contribution in [3.63, 3.8) is 0 Å². The first-order valence-corrected chi connectivity index (χ1v) is 7.98. The van der Waals surface area contributed by atoms with Gasteiger partial charge in [0.1, 0.15) is 0 Å². The molecule has 0 bridgehead atoms. The summed E-state index contributed by atoms with van der Waals surface area (Å²) < 4.78 is 0. The summed E-state index contributed by atoms with van der Waals surface area (Å²) in [5.74, 6) is 1.37. The smallest absolute Gasteiger partial charge is 0.0702 e. The molecule has 1 aliphatic carbocycles. The molecule has 0 saturated heterocycles. The fraction of sp³-hybridized carbons (Fsp3) is 0.316. The monoisotopic (exact) mass is 297 g/mol. The van der Waals surface area contributed by atoms with Crippen LogP contribution in [0.5, 0.6) is 0 Å². The summed E-state index contributed by atoms with van der Waals surface area (Å²) in [5, 5.41) is 0.759. The molecule has 0 atom stereocenters. The largest absolute Gasteiger partial charge is 0.256 e. The van der Waals surface area contributed by atoms with Crippen molar-refractivity contribution in [1.82, 2.24) is 4.98 Å². The molecule has 1 heterocycles. The summed E-state index contributed by atoms with van der Waals surface area (Å²) in [4.78, 5) is 4.63. The number of rotatable bonds is 3. The normalized spacial score (nSPS) is 22.0. The molecule has 0 unspecified atom stereocenters. The van der Waals surface area contributed by atoms with Crippen molar-refractivity contribution in [2.75, 3.05) is 0 Å². The maximum atomic E-state index is 5.92. The minimum Gasteiger partial charge on any atom is -0.256 e. The molecule has 0 spiro atoms. The van der Waals surface area contributed by atoms with Crippen molar-refractivity contribution >= 4 is 11.6 Å². The molecule has 1 aromatic heterocycles. The Balaban J connectivity index is 1.72. The number of pyridine rings is 1. The van der Waals surface area contributed by atoms with Gasteiger partial charge in [-0.2, -0.15) is 0 Å². The van der Waals surface area contributed by atoms with Crippen LogP contribution in [0, 0.1) is 5.92 Å². The lowest BCUT2D eigenvalue weighted by atomic mass is 9.79. The molecule has 0 amide bonds. The summed E-state index contributed by atoms with van der Waals surface area (Å²) in [7, 11) is 0. The van der Waals surface area contributed by atoms with Crippen LogP contribution in [0.2, 0.25) is 5.02 Å². The summed E-state index contributed by atoms with van der Waals surface area (Å²) in [6, 6.07) is 12.2. The lowest BCUT2D eigenvalue weighted by Gasteiger charge is -2.26. The van der Waals surface area contributed by atoms with E-state index in [1.165, 1.54) is 31.2 Å². The van der Waals surface area contributed by atoms with Gasteiger partial charge in [0.05, 0.1) is 5.69 Å². The maximum Gasteiger partial charge on any atom is 0.0702 e. The molecule has 21 heavy (non-hydrogen) atoms. The Kier molecular flexibility index (Phi) is 4.40. The van der Waals surface area contributed by atoms with Crippen molar-refractivity contribution in [3.05, 3.63) is 65.8 Å². The van der Waals surface area contributed by atoms with Crippen molar-refractivity contribution < 1.29 is 0 Å². The van der Waals surface area contributed by atoms with E-state index in [-0.39, 0.29) is 0 Å². The minimum atomic E-state index is 0.660. The van der Waals surface area contributed by atoms with Gasteiger partial charge >= 0.3 is 0 Å². The maximum absolute atomic E-state index is 5.92. The van der Waals surface area contributed by atoms with Gasteiger partial charge in [-0.05, 0) is 61.3 Å².